The molecule has 2 heterocycles. The molecule has 3 aromatic rings. The Morgan fingerprint density at radius 2 is 1.92 bits per heavy atom. The van der Waals surface area contributed by atoms with Gasteiger partial charge in [0.05, 0.1) is 6.04 Å². The molecule has 134 valence electrons. The zero-order chi connectivity index (χ0) is 17.9. The topological polar surface area (TPSA) is 65.6 Å². The van der Waals surface area contributed by atoms with Gasteiger partial charge < -0.3 is 14.8 Å². The molecule has 4 rings (SSSR count). The van der Waals surface area contributed by atoms with Gasteiger partial charge >= 0.3 is 6.09 Å². The van der Waals surface area contributed by atoms with Crippen LogP contribution >= 0.6 is 0 Å². The third-order valence-corrected chi connectivity index (χ3v) is 5.00. The summed E-state index contributed by atoms with van der Waals surface area (Å²) in [5, 5.41) is 10.7. The van der Waals surface area contributed by atoms with Crippen LogP contribution in [0.5, 0.6) is 0 Å². The van der Waals surface area contributed by atoms with E-state index in [0.717, 1.165) is 23.2 Å². The molecule has 0 radical (unpaired) electrons. The summed E-state index contributed by atoms with van der Waals surface area (Å²) in [4.78, 5) is 17.9. The van der Waals surface area contributed by atoms with Crippen LogP contribution in [0.2, 0.25) is 0 Å². The molecule has 0 saturated heterocycles. The van der Waals surface area contributed by atoms with E-state index in [0.29, 0.717) is 13.0 Å². The number of aliphatic hydroxyl groups is 1. The van der Waals surface area contributed by atoms with Crippen LogP contribution in [0.4, 0.5) is 4.79 Å². The predicted molar refractivity (Wildman–Crippen MR) is 99.8 cm³/mol. The number of H-pyrrole nitrogens is 1. The number of fused-ring (bicyclic) bond motifs is 3. The molecule has 0 bridgehead atoms. The fourth-order valence-electron chi connectivity index (χ4n) is 3.76. The average molecular weight is 350 g/mol. The number of rotatable bonds is 4. The number of para-hydroxylation sites is 1. The molecule has 1 aromatic heterocycles. The zero-order valence-corrected chi connectivity index (χ0v) is 14.5. The van der Waals surface area contributed by atoms with Crippen LogP contribution in [0, 0.1) is 0 Å². The summed E-state index contributed by atoms with van der Waals surface area (Å²) in [6, 6.07) is 17.6. The molecule has 0 fully saturated rings. The van der Waals surface area contributed by atoms with E-state index in [1.165, 1.54) is 10.9 Å². The molecule has 1 aliphatic heterocycles. The molecular formula is C21H22N2O3. The van der Waals surface area contributed by atoms with Crippen molar-refractivity contribution in [2.75, 3.05) is 13.2 Å². The smallest absolute Gasteiger partial charge is 0.410 e. The Kier molecular flexibility index (Phi) is 4.63. The fraction of sp³-hybridized carbons (Fsp3) is 0.286. The van der Waals surface area contributed by atoms with Gasteiger partial charge in [0.2, 0.25) is 0 Å². The summed E-state index contributed by atoms with van der Waals surface area (Å²) in [6.45, 7) is 0.858. The third kappa shape index (κ3) is 3.06. The Balaban J connectivity index is 1.57. The van der Waals surface area contributed by atoms with Crippen molar-refractivity contribution in [3.63, 3.8) is 0 Å². The van der Waals surface area contributed by atoms with Gasteiger partial charge in [0.1, 0.15) is 6.61 Å². The van der Waals surface area contributed by atoms with Gasteiger partial charge in [-0.15, -0.1) is 0 Å². The molecule has 0 saturated carbocycles. The molecule has 5 heteroatoms. The predicted octanol–water partition coefficient (Wildman–Crippen LogP) is 3.79. The van der Waals surface area contributed by atoms with E-state index in [2.05, 4.69) is 11.1 Å². The highest BCUT2D eigenvalue weighted by Gasteiger charge is 2.33. The first kappa shape index (κ1) is 16.7. The molecule has 0 aliphatic carbocycles. The molecule has 1 aliphatic rings. The van der Waals surface area contributed by atoms with Crippen molar-refractivity contribution < 1.29 is 14.6 Å². The maximum atomic E-state index is 12.7. The summed E-state index contributed by atoms with van der Waals surface area (Å²) in [5.74, 6) is 0. The molecule has 2 aromatic carbocycles. The minimum atomic E-state index is -0.336. The van der Waals surface area contributed by atoms with Crippen LogP contribution < -0.4 is 0 Å². The molecule has 1 atom stereocenters. The lowest BCUT2D eigenvalue weighted by atomic mass is 9.96. The lowest BCUT2D eigenvalue weighted by Crippen LogP contribution is -2.40. The van der Waals surface area contributed by atoms with Crippen LogP contribution in [0.1, 0.15) is 29.3 Å². The van der Waals surface area contributed by atoms with Crippen molar-refractivity contribution in [3.05, 3.63) is 71.4 Å². The number of amides is 1. The van der Waals surface area contributed by atoms with E-state index in [4.69, 9.17) is 4.74 Å². The van der Waals surface area contributed by atoms with E-state index in [1.807, 2.05) is 48.5 Å². The minimum absolute atomic E-state index is 0.0158. The van der Waals surface area contributed by atoms with E-state index >= 15 is 0 Å². The van der Waals surface area contributed by atoms with E-state index < -0.39 is 0 Å². The van der Waals surface area contributed by atoms with Crippen molar-refractivity contribution in [2.24, 2.45) is 0 Å². The van der Waals surface area contributed by atoms with Crippen molar-refractivity contribution in [2.45, 2.75) is 25.5 Å². The Morgan fingerprint density at radius 3 is 2.73 bits per heavy atom. The lowest BCUT2D eigenvalue weighted by molar-refractivity contribution is 0.0699. The van der Waals surface area contributed by atoms with Crippen LogP contribution in [0.3, 0.4) is 0 Å². The number of nitrogens with one attached hydrogen (secondary N) is 1. The lowest BCUT2D eigenvalue weighted by Gasteiger charge is -2.34. The second kappa shape index (κ2) is 7.22. The van der Waals surface area contributed by atoms with Crippen LogP contribution in [-0.4, -0.2) is 34.2 Å². The first-order valence-corrected chi connectivity index (χ1v) is 8.95. The van der Waals surface area contributed by atoms with E-state index in [9.17, 15) is 9.90 Å². The summed E-state index contributed by atoms with van der Waals surface area (Å²) in [5.41, 5.74) is 4.29. The van der Waals surface area contributed by atoms with Crippen LogP contribution in [-0.2, 0) is 17.8 Å². The number of aliphatic hydroxyl groups excluding tert-OH is 1. The Labute approximate surface area is 152 Å². The number of aromatic nitrogens is 1. The Bertz CT molecular complexity index is 904. The first-order chi connectivity index (χ1) is 12.8. The highest BCUT2D eigenvalue weighted by molar-refractivity contribution is 5.85. The normalized spacial score (nSPS) is 16.5. The maximum Gasteiger partial charge on any atom is 0.410 e. The zero-order valence-electron chi connectivity index (χ0n) is 14.5. The Morgan fingerprint density at radius 1 is 1.15 bits per heavy atom. The van der Waals surface area contributed by atoms with E-state index in [1.54, 1.807) is 4.90 Å². The number of hydrogen-bond donors (Lipinski definition) is 2. The molecular weight excluding hydrogens is 328 g/mol. The number of hydrogen-bond acceptors (Lipinski definition) is 3. The van der Waals surface area contributed by atoms with Gasteiger partial charge in [0, 0.05) is 29.7 Å². The van der Waals surface area contributed by atoms with Crippen molar-refractivity contribution in [1.29, 1.82) is 0 Å². The highest BCUT2D eigenvalue weighted by atomic mass is 16.6. The quantitative estimate of drug-likeness (QED) is 0.752. The van der Waals surface area contributed by atoms with Crippen molar-refractivity contribution in [3.8, 4) is 0 Å². The largest absolute Gasteiger partial charge is 0.445 e. The van der Waals surface area contributed by atoms with Gasteiger partial charge in [0.15, 0.2) is 0 Å². The van der Waals surface area contributed by atoms with Gasteiger partial charge in [-0.25, -0.2) is 4.79 Å². The average Bonchev–Trinajstić information content (AvgIpc) is 3.06. The number of carbonyl (C=O) groups excluding carboxylic acids is 1. The molecule has 26 heavy (non-hydrogen) atoms. The molecule has 0 unspecified atom stereocenters. The fourth-order valence-corrected chi connectivity index (χ4v) is 3.76. The summed E-state index contributed by atoms with van der Waals surface area (Å²) >= 11 is 0. The molecule has 1 amide bonds. The van der Waals surface area contributed by atoms with Gasteiger partial charge in [-0.2, -0.15) is 0 Å². The maximum absolute atomic E-state index is 12.7. The van der Waals surface area contributed by atoms with Gasteiger partial charge in [-0.1, -0.05) is 48.5 Å². The number of ether oxygens (including phenoxy) is 1. The molecule has 0 spiro atoms. The second-order valence-corrected chi connectivity index (χ2v) is 6.57. The second-order valence-electron chi connectivity index (χ2n) is 6.57. The number of benzene rings is 2. The Hall–Kier alpha value is -2.79. The molecule has 2 N–H and O–H groups in total. The monoisotopic (exact) mass is 350 g/mol. The van der Waals surface area contributed by atoms with Crippen LogP contribution in [0.25, 0.3) is 10.9 Å². The summed E-state index contributed by atoms with van der Waals surface area (Å²) < 4.78 is 5.52. The summed E-state index contributed by atoms with van der Waals surface area (Å²) in [6.07, 6.45) is 0.929. The number of nitrogens with zero attached hydrogens (tertiary/aromatic N) is 1. The standard InChI is InChI=1S/C21H22N2O3/c24-13-11-19-20-17(16-8-4-5-9-18(16)22-20)10-12-23(19)21(25)26-14-15-6-2-1-3-7-15/h1-9,19,22,24H,10-14H2/t19-/m1/s1. The minimum Gasteiger partial charge on any atom is -0.445 e. The first-order valence-electron chi connectivity index (χ1n) is 8.95. The van der Waals surface area contributed by atoms with Crippen LogP contribution in [0.15, 0.2) is 54.6 Å². The SMILES string of the molecule is O=C(OCc1ccccc1)N1CCc2c([nH]c3ccccc23)[C@H]1CCO. The van der Waals surface area contributed by atoms with Gasteiger partial charge in [-0.05, 0) is 30.0 Å². The number of carbonyl (C=O) groups is 1. The van der Waals surface area contributed by atoms with Gasteiger partial charge in [0.25, 0.3) is 0 Å². The molecule has 5 nitrogen and oxygen atoms in total. The summed E-state index contributed by atoms with van der Waals surface area (Å²) in [7, 11) is 0. The third-order valence-electron chi connectivity index (χ3n) is 5.00. The highest BCUT2D eigenvalue weighted by Crippen LogP contribution is 2.36. The number of aromatic amines is 1. The van der Waals surface area contributed by atoms with Crippen molar-refractivity contribution >= 4 is 17.0 Å². The van der Waals surface area contributed by atoms with Gasteiger partial charge in [-0.3, -0.25) is 4.90 Å². The van der Waals surface area contributed by atoms with Crippen molar-refractivity contribution in [1.82, 2.24) is 9.88 Å². The van der Waals surface area contributed by atoms with E-state index in [-0.39, 0.29) is 25.3 Å².